The van der Waals surface area contributed by atoms with Crippen LogP contribution in [-0.2, 0) is 76.0 Å². The first-order valence-corrected chi connectivity index (χ1v) is 43.4. The number of ether oxygens (including phenoxy) is 12. The number of aliphatic hydroxyl groups excluding tert-OH is 19. The number of unbranched alkanes of at least 4 members (excludes halogenated alkanes) is 25. The van der Waals surface area contributed by atoms with E-state index in [1.165, 1.54) is 102 Å². The Hall–Kier alpha value is -3.70. The molecule has 0 aliphatic carbocycles. The molecule has 6 aliphatic heterocycles. The summed E-state index contributed by atoms with van der Waals surface area (Å²) in [5, 5.41) is 240. The molecule has 41 heteroatoms. The average Bonchev–Trinajstić information content (AvgIpc) is 0.751. The van der Waals surface area contributed by atoms with Gasteiger partial charge in [0.15, 0.2) is 25.2 Å². The average molecular weight is 1750 g/mol. The third kappa shape index (κ3) is 30.7. The Morgan fingerprint density at radius 3 is 1.40 bits per heavy atom. The summed E-state index contributed by atoms with van der Waals surface area (Å²) in [7, 11) is 0. The molecule has 6 aliphatic rings. The maximum Gasteiger partial charge on any atom is 0.364 e. The first-order chi connectivity index (χ1) is 57.7. The van der Waals surface area contributed by atoms with Crippen molar-refractivity contribution in [2.24, 2.45) is 11.5 Å². The normalized spacial score (nSPS) is 36.4. The number of aliphatic hydroxyl groups is 19. The quantitative estimate of drug-likeness (QED) is 0.0203. The lowest BCUT2D eigenvalue weighted by molar-refractivity contribution is -0.404. The molecular weight excluding hydrogens is 1610 g/mol. The molecule has 0 aromatic carbocycles. The van der Waals surface area contributed by atoms with E-state index in [-0.39, 0.29) is 18.9 Å². The second-order valence-corrected chi connectivity index (χ2v) is 33.0. The van der Waals surface area contributed by atoms with Gasteiger partial charge < -0.3 is 186 Å². The molecule has 121 heavy (non-hydrogen) atoms. The number of allylic oxidation sites excluding steroid dienone is 1. The van der Waals surface area contributed by atoms with Crippen LogP contribution in [-0.4, -0.2) is 385 Å². The summed E-state index contributed by atoms with van der Waals surface area (Å²) in [6.45, 7) is -2.11. The van der Waals surface area contributed by atoms with Gasteiger partial charge in [0.05, 0.1) is 63.9 Å². The maximum absolute atomic E-state index is 14.1. The lowest BCUT2D eigenvalue weighted by atomic mass is 9.88. The van der Waals surface area contributed by atoms with Crippen molar-refractivity contribution in [3.8, 4) is 0 Å². The van der Waals surface area contributed by atoms with Crippen LogP contribution in [0.2, 0.25) is 0 Å². The SMILES string of the molecule is CCCCCCCCCCCCCC=CC(O)C(CNC(=O)CCCCCCCCCCCCCCCCC)OC1OC(CO)C(OC2OC(CO)C(OC3OC(CO)C(O)C(OC4OC(CO)C(O)C(O)C4O)C3NC(C)=O)C(OC3(C(=O)O)CC(O)C(N)C(C(O)C(O)COC4(C(=O)O)CC(O)C(N)C(C(O)C(O)CO)O4)O3)C2O)C(O)C1O. The highest BCUT2D eigenvalue weighted by Gasteiger charge is 2.63. The van der Waals surface area contributed by atoms with E-state index in [0.717, 1.165) is 71.1 Å². The van der Waals surface area contributed by atoms with Gasteiger partial charge in [0, 0.05) is 32.7 Å². The Labute approximate surface area is 705 Å². The molecule has 0 saturated carbocycles. The topological polar surface area (TPSA) is 680 Å². The van der Waals surface area contributed by atoms with E-state index in [0.29, 0.717) is 12.8 Å². The Kier molecular flexibility index (Phi) is 47.3. The molecule has 6 fully saturated rings. The van der Waals surface area contributed by atoms with Gasteiger partial charge in [0.25, 0.3) is 11.6 Å². The molecule has 41 nitrogen and oxygen atoms in total. The molecule has 0 bridgehead atoms. The summed E-state index contributed by atoms with van der Waals surface area (Å²) < 4.78 is 71.5. The largest absolute Gasteiger partial charge is 0.477 e. The predicted molar refractivity (Wildman–Crippen MR) is 421 cm³/mol. The van der Waals surface area contributed by atoms with Crippen molar-refractivity contribution in [2.45, 2.75) is 421 Å². The predicted octanol–water partition coefficient (Wildman–Crippen LogP) is -4.22. The van der Waals surface area contributed by atoms with E-state index < -0.39 is 278 Å². The Morgan fingerprint density at radius 1 is 0.471 bits per heavy atom. The number of hydrogen-bond donors (Lipinski definition) is 25. The van der Waals surface area contributed by atoms with Crippen LogP contribution in [0, 0.1) is 0 Å². The summed E-state index contributed by atoms with van der Waals surface area (Å²) in [6, 6.07) is -5.59. The van der Waals surface area contributed by atoms with E-state index in [1.54, 1.807) is 6.08 Å². The van der Waals surface area contributed by atoms with Crippen molar-refractivity contribution in [1.82, 2.24) is 10.6 Å². The highest BCUT2D eigenvalue weighted by atomic mass is 16.8. The summed E-state index contributed by atoms with van der Waals surface area (Å²) in [5.41, 5.74) is 12.3. The van der Waals surface area contributed by atoms with Gasteiger partial charge in [-0.25, -0.2) is 9.59 Å². The number of nitrogens with one attached hydrogen (secondary N) is 2. The zero-order valence-corrected chi connectivity index (χ0v) is 69.9. The zero-order valence-electron chi connectivity index (χ0n) is 69.9. The minimum absolute atomic E-state index is 0.137. The minimum Gasteiger partial charge on any atom is -0.477 e. The van der Waals surface area contributed by atoms with E-state index in [9.17, 15) is 126 Å². The number of carbonyl (C=O) groups is 4. The van der Waals surface area contributed by atoms with E-state index in [2.05, 4.69) is 24.5 Å². The number of rotatable bonds is 57. The Morgan fingerprint density at radius 2 is 0.893 bits per heavy atom. The van der Waals surface area contributed by atoms with E-state index >= 15 is 0 Å². The smallest absolute Gasteiger partial charge is 0.364 e. The fourth-order valence-electron chi connectivity index (χ4n) is 16.0. The van der Waals surface area contributed by atoms with Gasteiger partial charge in [0.2, 0.25) is 11.8 Å². The van der Waals surface area contributed by atoms with Crippen molar-refractivity contribution >= 4 is 23.8 Å². The zero-order chi connectivity index (χ0) is 89.3. The van der Waals surface area contributed by atoms with Crippen LogP contribution in [0.15, 0.2) is 12.2 Å². The Bertz CT molecular complexity index is 2950. The molecule has 2 amide bonds. The fourth-order valence-corrected chi connectivity index (χ4v) is 16.0. The standard InChI is InChI=1S/C80H144N4O37/c1-4-6-8-10-12-14-16-18-19-21-23-25-27-29-31-33-54(96)83-36-49(44(91)32-30-28-26-24-22-20-17-15-13-11-9-7-5-2)111-74-65(104)63(102)67(52(40-88)114-74)116-76-66(105)72(68(53(41-89)115-76)117-73-57(84-43(3)90)71(61(100)51(39-87)112-73)118-75-64(103)62(101)60(99)50(38-86)113-75)121-80(78(108)109)35-46(93)56(82)70(120-80)59(98)48(95)42-110-79(77(106)107)34-45(92)55(81)69(119-79)58(97)47(94)37-85/h30,32,44-53,55-76,85-89,91-95,97-105H,4-29,31,33-42,81-82H2,1-3H3,(H,83,96)(H,84,90)(H,106,107)(H,108,109). The van der Waals surface area contributed by atoms with Crippen LogP contribution in [0.1, 0.15) is 213 Å². The first kappa shape index (κ1) is 106. The lowest BCUT2D eigenvalue weighted by Gasteiger charge is -2.52. The molecule has 0 aromatic heterocycles. The Balaban J connectivity index is 1.28. The van der Waals surface area contributed by atoms with Gasteiger partial charge in [-0.2, -0.15) is 0 Å². The summed E-state index contributed by atoms with van der Waals surface area (Å²) in [5.74, 6) is -12.3. The molecule has 6 rings (SSSR count). The van der Waals surface area contributed by atoms with Crippen molar-refractivity contribution < 1.29 is 183 Å². The number of carbonyl (C=O) groups excluding carboxylic acids is 2. The molecule has 34 atom stereocenters. The number of hydrogen-bond acceptors (Lipinski definition) is 37. The number of nitrogens with two attached hydrogens (primary N) is 2. The number of aliphatic carboxylic acids is 2. The van der Waals surface area contributed by atoms with Gasteiger partial charge in [-0.1, -0.05) is 180 Å². The van der Waals surface area contributed by atoms with Crippen LogP contribution >= 0.6 is 0 Å². The fraction of sp³-hybridized carbons (Fsp3) is 0.925. The third-order valence-electron chi connectivity index (χ3n) is 23.4. The molecule has 6 heterocycles. The monoisotopic (exact) mass is 1750 g/mol. The van der Waals surface area contributed by atoms with Gasteiger partial charge in [-0.15, -0.1) is 0 Å². The number of amides is 2. The number of carboxylic acid groups (broad SMARTS) is 2. The maximum atomic E-state index is 14.1. The summed E-state index contributed by atoms with van der Waals surface area (Å²) in [6.07, 6.45) is -30.9. The van der Waals surface area contributed by atoms with E-state index in [4.69, 9.17) is 68.3 Å². The minimum atomic E-state index is -3.54. The highest BCUT2D eigenvalue weighted by Crippen LogP contribution is 2.42. The van der Waals surface area contributed by atoms with Crippen molar-refractivity contribution in [2.75, 3.05) is 46.2 Å². The lowest BCUT2D eigenvalue weighted by Crippen LogP contribution is -2.72. The van der Waals surface area contributed by atoms with Gasteiger partial charge in [-0.05, 0) is 19.3 Å². The second-order valence-electron chi connectivity index (χ2n) is 33.0. The first-order valence-electron chi connectivity index (χ1n) is 43.4. The molecule has 0 aromatic rings. The summed E-state index contributed by atoms with van der Waals surface area (Å²) >= 11 is 0. The van der Waals surface area contributed by atoms with Crippen LogP contribution in [0.3, 0.4) is 0 Å². The van der Waals surface area contributed by atoms with Crippen LogP contribution in [0.4, 0.5) is 0 Å². The number of carboxylic acids is 2. The molecule has 706 valence electrons. The molecule has 0 radical (unpaired) electrons. The van der Waals surface area contributed by atoms with Crippen LogP contribution < -0.4 is 22.1 Å². The summed E-state index contributed by atoms with van der Waals surface area (Å²) in [4.78, 5) is 53.7. The molecule has 6 saturated heterocycles. The molecule has 0 spiro atoms. The van der Waals surface area contributed by atoms with Gasteiger partial charge in [0.1, 0.15) is 146 Å². The van der Waals surface area contributed by atoms with Crippen molar-refractivity contribution in [3.05, 3.63) is 12.2 Å². The van der Waals surface area contributed by atoms with Crippen molar-refractivity contribution in [3.63, 3.8) is 0 Å². The van der Waals surface area contributed by atoms with Crippen LogP contribution in [0.5, 0.6) is 0 Å². The van der Waals surface area contributed by atoms with Gasteiger partial charge >= 0.3 is 11.9 Å². The third-order valence-corrected chi connectivity index (χ3v) is 23.4. The van der Waals surface area contributed by atoms with Crippen LogP contribution in [0.25, 0.3) is 0 Å². The van der Waals surface area contributed by atoms with Crippen molar-refractivity contribution in [1.29, 1.82) is 0 Å². The van der Waals surface area contributed by atoms with Gasteiger partial charge in [-0.3, -0.25) is 9.59 Å². The highest BCUT2D eigenvalue weighted by molar-refractivity contribution is 5.77. The molecule has 27 N–H and O–H groups in total. The second kappa shape index (κ2) is 53.9. The molecule has 34 unspecified atom stereocenters. The molecular formula is C80H144N4O37. The van der Waals surface area contributed by atoms with E-state index in [1.807, 2.05) is 0 Å².